The van der Waals surface area contributed by atoms with Crippen LogP contribution in [-0.4, -0.2) is 59.6 Å². The molecule has 0 bridgehead atoms. The largest absolute Gasteiger partial charge is 0.466 e. The Hall–Kier alpha value is -1.89. The van der Waals surface area contributed by atoms with Gasteiger partial charge in [-0.1, -0.05) is 52.7 Å². The van der Waals surface area contributed by atoms with Crippen LogP contribution in [0.1, 0.15) is 66.7 Å². The number of ether oxygens (including phenoxy) is 1. The summed E-state index contributed by atoms with van der Waals surface area (Å²) in [6, 6.07) is -1.19. The van der Waals surface area contributed by atoms with Crippen LogP contribution in [0.2, 0.25) is 0 Å². The average molecular weight is 451 g/mol. The van der Waals surface area contributed by atoms with E-state index in [1.807, 2.05) is 32.9 Å². The second-order valence-electron chi connectivity index (χ2n) is 9.49. The maximum atomic E-state index is 13.8. The molecule has 0 saturated carbocycles. The Bertz CT molecular complexity index is 677. The number of carbonyl (C=O) groups excluding carboxylic acids is 3. The molecule has 0 spiro atoms. The minimum Gasteiger partial charge on any atom is -0.466 e. The SMILES string of the molecule is CCCCCNC(=O)[C@@H]1[C@H]2C=C[C@@H](CC)[C@@H](C(=O)OCC)[C@H]2C(=O)N1[C@@H](CO)CC(C)C. The average Bonchev–Trinajstić information content (AvgIpc) is 3.06. The summed E-state index contributed by atoms with van der Waals surface area (Å²) in [6.07, 6.45) is 8.19. The Morgan fingerprint density at radius 3 is 2.47 bits per heavy atom. The molecule has 1 fully saturated rings. The van der Waals surface area contributed by atoms with E-state index >= 15 is 0 Å². The van der Waals surface area contributed by atoms with E-state index in [0.29, 0.717) is 19.4 Å². The molecule has 182 valence electrons. The molecule has 0 aromatic heterocycles. The Morgan fingerprint density at radius 2 is 1.91 bits per heavy atom. The third-order valence-electron chi connectivity index (χ3n) is 6.77. The van der Waals surface area contributed by atoms with E-state index < -0.39 is 29.8 Å². The quantitative estimate of drug-likeness (QED) is 0.271. The van der Waals surface area contributed by atoms with Crippen LogP contribution in [0.3, 0.4) is 0 Å². The second-order valence-corrected chi connectivity index (χ2v) is 9.49. The van der Waals surface area contributed by atoms with Crippen LogP contribution in [0, 0.1) is 29.6 Å². The molecule has 2 amide bonds. The number of hydrogen-bond acceptors (Lipinski definition) is 5. The molecule has 2 N–H and O–H groups in total. The van der Waals surface area contributed by atoms with E-state index in [9.17, 15) is 19.5 Å². The predicted octanol–water partition coefficient (Wildman–Crippen LogP) is 2.92. The van der Waals surface area contributed by atoms with Crippen LogP contribution in [-0.2, 0) is 19.1 Å². The van der Waals surface area contributed by atoms with E-state index in [1.165, 1.54) is 0 Å². The number of aliphatic hydroxyl groups is 1. The number of allylic oxidation sites excluding steroid dienone is 1. The zero-order valence-corrected chi connectivity index (χ0v) is 20.4. The highest BCUT2D eigenvalue weighted by Crippen LogP contribution is 2.46. The van der Waals surface area contributed by atoms with Gasteiger partial charge in [-0.3, -0.25) is 14.4 Å². The van der Waals surface area contributed by atoms with Crippen LogP contribution in [0.15, 0.2) is 12.2 Å². The molecule has 0 aromatic carbocycles. The molecule has 0 radical (unpaired) electrons. The zero-order valence-electron chi connectivity index (χ0n) is 20.4. The number of amides is 2. The van der Waals surface area contributed by atoms with Crippen molar-refractivity contribution in [1.29, 1.82) is 0 Å². The van der Waals surface area contributed by atoms with Gasteiger partial charge in [0.2, 0.25) is 11.8 Å². The van der Waals surface area contributed by atoms with Gasteiger partial charge in [0.25, 0.3) is 0 Å². The van der Waals surface area contributed by atoms with Crippen LogP contribution in [0.4, 0.5) is 0 Å². The number of aliphatic hydroxyl groups excluding tert-OH is 1. The molecule has 2 rings (SSSR count). The number of fused-ring (bicyclic) bond motifs is 1. The molecule has 1 aliphatic heterocycles. The Morgan fingerprint density at radius 1 is 1.19 bits per heavy atom. The van der Waals surface area contributed by atoms with E-state index in [4.69, 9.17) is 4.74 Å². The molecule has 1 saturated heterocycles. The van der Waals surface area contributed by atoms with Gasteiger partial charge in [0.15, 0.2) is 0 Å². The summed E-state index contributed by atoms with van der Waals surface area (Å²) in [7, 11) is 0. The van der Waals surface area contributed by atoms with E-state index in [0.717, 1.165) is 19.3 Å². The van der Waals surface area contributed by atoms with Crippen molar-refractivity contribution in [3.05, 3.63) is 12.2 Å². The van der Waals surface area contributed by atoms with E-state index in [1.54, 1.807) is 11.8 Å². The summed E-state index contributed by atoms with van der Waals surface area (Å²) in [6.45, 7) is 10.5. The molecule has 0 unspecified atom stereocenters. The number of nitrogens with one attached hydrogen (secondary N) is 1. The molecule has 7 heteroatoms. The van der Waals surface area contributed by atoms with Gasteiger partial charge < -0.3 is 20.1 Å². The Kier molecular flexibility index (Phi) is 10.2. The standard InChI is InChI=1S/C25H42N2O5/c1-6-9-10-13-26-23(29)22-19-12-11-17(7-2)20(25(31)32-8-3)21(19)24(30)27(22)18(15-28)14-16(4)5/h11-12,16-22,28H,6-10,13-15H2,1-5H3,(H,26,29)/t17-,18-,19+,20-,21+,22+/m1/s1. The molecule has 0 aromatic rings. The predicted molar refractivity (Wildman–Crippen MR) is 124 cm³/mol. The smallest absolute Gasteiger partial charge is 0.310 e. The van der Waals surface area contributed by atoms with Crippen molar-refractivity contribution < 1.29 is 24.2 Å². The van der Waals surface area contributed by atoms with Gasteiger partial charge in [-0.15, -0.1) is 0 Å². The van der Waals surface area contributed by atoms with Gasteiger partial charge in [0.1, 0.15) is 6.04 Å². The number of unbranched alkanes of at least 4 members (excludes halogenated alkanes) is 2. The Labute approximate surface area is 192 Å². The molecule has 1 aliphatic carbocycles. The highest BCUT2D eigenvalue weighted by Gasteiger charge is 2.58. The van der Waals surface area contributed by atoms with Crippen molar-refractivity contribution in [2.75, 3.05) is 19.8 Å². The normalized spacial score (nSPS) is 28.0. The number of likely N-dealkylation sites (tertiary alicyclic amines) is 1. The first-order chi connectivity index (χ1) is 15.3. The minimum atomic E-state index is -0.726. The molecule has 2 aliphatic rings. The van der Waals surface area contributed by atoms with Gasteiger partial charge in [0.05, 0.1) is 31.1 Å². The van der Waals surface area contributed by atoms with Crippen molar-refractivity contribution in [3.63, 3.8) is 0 Å². The first-order valence-electron chi connectivity index (χ1n) is 12.4. The molecule has 1 heterocycles. The van der Waals surface area contributed by atoms with Crippen molar-refractivity contribution in [2.24, 2.45) is 29.6 Å². The minimum absolute atomic E-state index is 0.106. The molecular weight excluding hydrogens is 408 g/mol. The lowest BCUT2D eigenvalue weighted by atomic mass is 9.69. The summed E-state index contributed by atoms with van der Waals surface area (Å²) in [5.74, 6) is -2.32. The third kappa shape index (κ3) is 5.72. The summed E-state index contributed by atoms with van der Waals surface area (Å²) in [5, 5.41) is 13.2. The van der Waals surface area contributed by atoms with Gasteiger partial charge in [-0.2, -0.15) is 0 Å². The highest BCUT2D eigenvalue weighted by atomic mass is 16.5. The van der Waals surface area contributed by atoms with E-state index in [2.05, 4.69) is 12.2 Å². The lowest BCUT2D eigenvalue weighted by molar-refractivity contribution is -0.156. The highest BCUT2D eigenvalue weighted by molar-refractivity contribution is 5.96. The number of nitrogens with zero attached hydrogens (tertiary/aromatic N) is 1. The van der Waals surface area contributed by atoms with Gasteiger partial charge >= 0.3 is 5.97 Å². The van der Waals surface area contributed by atoms with Crippen LogP contribution in [0.5, 0.6) is 0 Å². The summed E-state index contributed by atoms with van der Waals surface area (Å²) < 4.78 is 5.35. The number of carbonyl (C=O) groups is 3. The fourth-order valence-corrected chi connectivity index (χ4v) is 5.30. The molecular formula is C25H42N2O5. The lowest BCUT2D eigenvalue weighted by Gasteiger charge is -2.34. The maximum Gasteiger partial charge on any atom is 0.310 e. The van der Waals surface area contributed by atoms with Crippen LogP contribution in [0.25, 0.3) is 0 Å². The summed E-state index contributed by atoms with van der Waals surface area (Å²) in [4.78, 5) is 41.6. The van der Waals surface area contributed by atoms with Crippen LogP contribution >= 0.6 is 0 Å². The van der Waals surface area contributed by atoms with Crippen molar-refractivity contribution in [1.82, 2.24) is 10.2 Å². The first-order valence-corrected chi connectivity index (χ1v) is 12.4. The fourth-order valence-electron chi connectivity index (χ4n) is 5.30. The van der Waals surface area contributed by atoms with Gasteiger partial charge in [-0.05, 0) is 38.0 Å². The number of esters is 1. The van der Waals surface area contributed by atoms with Gasteiger partial charge in [0, 0.05) is 12.5 Å². The monoisotopic (exact) mass is 450 g/mol. The van der Waals surface area contributed by atoms with Crippen molar-refractivity contribution in [2.45, 2.75) is 78.8 Å². The number of hydrogen-bond donors (Lipinski definition) is 2. The number of rotatable bonds is 12. The summed E-state index contributed by atoms with van der Waals surface area (Å²) in [5.41, 5.74) is 0. The van der Waals surface area contributed by atoms with Crippen molar-refractivity contribution >= 4 is 17.8 Å². The summed E-state index contributed by atoms with van der Waals surface area (Å²) >= 11 is 0. The van der Waals surface area contributed by atoms with Crippen molar-refractivity contribution in [3.8, 4) is 0 Å². The molecule has 32 heavy (non-hydrogen) atoms. The Balaban J connectivity index is 2.43. The molecule has 7 nitrogen and oxygen atoms in total. The topological polar surface area (TPSA) is 95.9 Å². The van der Waals surface area contributed by atoms with E-state index in [-0.39, 0.29) is 42.8 Å². The molecule has 6 atom stereocenters. The zero-order chi connectivity index (χ0) is 23.8. The lowest BCUT2D eigenvalue weighted by Crippen LogP contribution is -2.52. The van der Waals surface area contributed by atoms with Crippen LogP contribution < -0.4 is 5.32 Å². The fraction of sp³-hybridized carbons (Fsp3) is 0.800. The third-order valence-corrected chi connectivity index (χ3v) is 6.77. The maximum absolute atomic E-state index is 13.8. The first kappa shape index (κ1) is 26.4. The second kappa shape index (κ2) is 12.4. The van der Waals surface area contributed by atoms with Gasteiger partial charge in [-0.25, -0.2) is 0 Å².